The highest BCUT2D eigenvalue weighted by atomic mass is 19.4. The second-order valence-corrected chi connectivity index (χ2v) is 8.21. The molecule has 0 aliphatic rings. The number of para-hydroxylation sites is 1. The van der Waals surface area contributed by atoms with Crippen LogP contribution < -0.4 is 15.6 Å². The highest BCUT2D eigenvalue weighted by Gasteiger charge is 2.26. The van der Waals surface area contributed by atoms with Crippen LogP contribution in [-0.2, 0) is 19.6 Å². The standard InChI is InChI=1S/C27H24F4N2O2/c28-22-10-7-19(8-11-22)17-32-18-21-15-20-9-12-24(35-23-5-2-1-3-6-23)16-25(20)33(26(21)34)14-4-13-27(29,30)31/h1-3,5-12,15-16,32H,4,13-14,17-18H2. The van der Waals surface area contributed by atoms with E-state index in [1.807, 2.05) is 18.2 Å². The minimum atomic E-state index is -4.30. The van der Waals surface area contributed by atoms with E-state index in [1.54, 1.807) is 48.5 Å². The number of aryl methyl sites for hydroxylation is 1. The number of ether oxygens (including phenoxy) is 1. The van der Waals surface area contributed by atoms with E-state index in [-0.39, 0.29) is 30.9 Å². The lowest BCUT2D eigenvalue weighted by atomic mass is 10.1. The number of alkyl halides is 3. The molecule has 3 aromatic carbocycles. The number of fused-ring (bicyclic) bond motifs is 1. The predicted octanol–water partition coefficient (Wildman–Crippen LogP) is 6.57. The molecule has 0 radical (unpaired) electrons. The van der Waals surface area contributed by atoms with E-state index in [9.17, 15) is 22.4 Å². The molecule has 0 amide bonds. The molecule has 8 heteroatoms. The van der Waals surface area contributed by atoms with Crippen molar-refractivity contribution in [2.45, 2.75) is 38.7 Å². The van der Waals surface area contributed by atoms with Crippen molar-refractivity contribution in [3.05, 3.63) is 106 Å². The summed E-state index contributed by atoms with van der Waals surface area (Å²) in [5.74, 6) is 0.759. The van der Waals surface area contributed by atoms with Crippen LogP contribution in [0.4, 0.5) is 17.6 Å². The number of pyridine rings is 1. The Kier molecular flexibility index (Phi) is 7.51. The molecule has 4 rings (SSSR count). The topological polar surface area (TPSA) is 43.3 Å². The van der Waals surface area contributed by atoms with Crippen molar-refractivity contribution in [1.82, 2.24) is 9.88 Å². The zero-order valence-electron chi connectivity index (χ0n) is 18.8. The fourth-order valence-electron chi connectivity index (χ4n) is 3.83. The van der Waals surface area contributed by atoms with Crippen LogP contribution in [0.15, 0.2) is 83.7 Å². The Bertz CT molecular complexity index is 1330. The minimum Gasteiger partial charge on any atom is -0.457 e. The first-order chi connectivity index (χ1) is 16.8. The maximum Gasteiger partial charge on any atom is 0.389 e. The van der Waals surface area contributed by atoms with Gasteiger partial charge in [-0.05, 0) is 59.8 Å². The number of aromatic nitrogens is 1. The SMILES string of the molecule is O=c1c(CNCc2ccc(F)cc2)cc2ccc(Oc3ccccc3)cc2n1CCCC(F)(F)F. The van der Waals surface area contributed by atoms with E-state index >= 15 is 0 Å². The second-order valence-electron chi connectivity index (χ2n) is 8.21. The number of rotatable bonds is 9. The van der Waals surface area contributed by atoms with Crippen LogP contribution in [0.2, 0.25) is 0 Å². The Hall–Kier alpha value is -3.65. The summed E-state index contributed by atoms with van der Waals surface area (Å²) in [6.45, 7) is 0.554. The number of halogens is 4. The quantitative estimate of drug-likeness (QED) is 0.274. The number of nitrogens with zero attached hydrogens (tertiary/aromatic N) is 1. The van der Waals surface area contributed by atoms with Gasteiger partial charge in [0, 0.05) is 37.7 Å². The molecule has 0 bridgehead atoms. The van der Waals surface area contributed by atoms with Crippen molar-refractivity contribution in [3.63, 3.8) is 0 Å². The third-order valence-electron chi connectivity index (χ3n) is 5.52. The molecule has 1 heterocycles. The largest absolute Gasteiger partial charge is 0.457 e. The fourth-order valence-corrected chi connectivity index (χ4v) is 3.83. The lowest BCUT2D eigenvalue weighted by Gasteiger charge is -2.15. The maximum atomic E-state index is 13.2. The molecule has 0 fully saturated rings. The predicted molar refractivity (Wildman–Crippen MR) is 127 cm³/mol. The van der Waals surface area contributed by atoms with Gasteiger partial charge in [0.25, 0.3) is 5.56 Å². The van der Waals surface area contributed by atoms with E-state index in [4.69, 9.17) is 4.74 Å². The van der Waals surface area contributed by atoms with Gasteiger partial charge in [0.05, 0.1) is 5.52 Å². The van der Waals surface area contributed by atoms with Crippen molar-refractivity contribution in [3.8, 4) is 11.5 Å². The molecule has 35 heavy (non-hydrogen) atoms. The molecular formula is C27H24F4N2O2. The average Bonchev–Trinajstić information content (AvgIpc) is 2.82. The molecule has 0 saturated heterocycles. The van der Waals surface area contributed by atoms with Gasteiger partial charge in [0.1, 0.15) is 17.3 Å². The van der Waals surface area contributed by atoms with Gasteiger partial charge in [-0.3, -0.25) is 4.79 Å². The summed E-state index contributed by atoms with van der Waals surface area (Å²) in [5.41, 5.74) is 1.43. The molecule has 1 N–H and O–H groups in total. The Morgan fingerprint density at radius 3 is 2.31 bits per heavy atom. The van der Waals surface area contributed by atoms with Gasteiger partial charge in [-0.2, -0.15) is 13.2 Å². The van der Waals surface area contributed by atoms with Gasteiger partial charge in [-0.25, -0.2) is 4.39 Å². The molecule has 0 atom stereocenters. The number of hydrogen-bond acceptors (Lipinski definition) is 3. The Labute approximate surface area is 199 Å². The molecule has 0 spiro atoms. The summed E-state index contributed by atoms with van der Waals surface area (Å²) in [6, 6.07) is 22.1. The highest BCUT2D eigenvalue weighted by molar-refractivity contribution is 5.81. The van der Waals surface area contributed by atoms with E-state index in [0.717, 1.165) is 10.9 Å². The first kappa shape index (κ1) is 24.5. The molecule has 1 aromatic heterocycles. The Morgan fingerprint density at radius 2 is 1.60 bits per heavy atom. The van der Waals surface area contributed by atoms with Crippen LogP contribution in [0.3, 0.4) is 0 Å². The maximum absolute atomic E-state index is 13.2. The summed E-state index contributed by atoms with van der Waals surface area (Å²) in [4.78, 5) is 13.2. The summed E-state index contributed by atoms with van der Waals surface area (Å²) in [7, 11) is 0. The smallest absolute Gasteiger partial charge is 0.389 e. The summed E-state index contributed by atoms with van der Waals surface area (Å²) in [6.07, 6.45) is -5.49. The summed E-state index contributed by atoms with van der Waals surface area (Å²) >= 11 is 0. The van der Waals surface area contributed by atoms with Gasteiger partial charge in [0.2, 0.25) is 0 Å². The molecule has 0 aliphatic heterocycles. The zero-order chi connectivity index (χ0) is 24.8. The van der Waals surface area contributed by atoms with Gasteiger partial charge in [0.15, 0.2) is 0 Å². The van der Waals surface area contributed by atoms with E-state index < -0.39 is 12.6 Å². The highest BCUT2D eigenvalue weighted by Crippen LogP contribution is 2.27. The van der Waals surface area contributed by atoms with E-state index in [2.05, 4.69) is 5.32 Å². The number of hydrogen-bond donors (Lipinski definition) is 1. The van der Waals surface area contributed by atoms with Crippen LogP contribution in [-0.4, -0.2) is 10.7 Å². The first-order valence-corrected chi connectivity index (χ1v) is 11.2. The Morgan fingerprint density at radius 1 is 0.857 bits per heavy atom. The molecule has 182 valence electrons. The summed E-state index contributed by atoms with van der Waals surface area (Å²) < 4.78 is 58.7. The lowest BCUT2D eigenvalue weighted by molar-refractivity contribution is -0.135. The average molecular weight is 484 g/mol. The monoisotopic (exact) mass is 484 g/mol. The van der Waals surface area contributed by atoms with Crippen molar-refractivity contribution >= 4 is 10.9 Å². The molecule has 4 aromatic rings. The van der Waals surface area contributed by atoms with E-state index in [0.29, 0.717) is 29.1 Å². The minimum absolute atomic E-state index is 0.0740. The first-order valence-electron chi connectivity index (χ1n) is 11.2. The molecular weight excluding hydrogens is 460 g/mol. The second kappa shape index (κ2) is 10.7. The molecule has 0 saturated carbocycles. The van der Waals surface area contributed by atoms with Gasteiger partial charge in [-0.1, -0.05) is 30.3 Å². The number of nitrogens with one attached hydrogen (secondary N) is 1. The molecule has 4 nitrogen and oxygen atoms in total. The van der Waals surface area contributed by atoms with Crippen molar-refractivity contribution in [2.75, 3.05) is 0 Å². The van der Waals surface area contributed by atoms with Crippen LogP contribution >= 0.6 is 0 Å². The third-order valence-corrected chi connectivity index (χ3v) is 5.52. The third kappa shape index (κ3) is 6.70. The van der Waals surface area contributed by atoms with Gasteiger partial charge < -0.3 is 14.6 Å². The van der Waals surface area contributed by atoms with E-state index in [1.165, 1.54) is 16.7 Å². The van der Waals surface area contributed by atoms with Gasteiger partial charge in [-0.15, -0.1) is 0 Å². The van der Waals surface area contributed by atoms with Crippen LogP contribution in [0.25, 0.3) is 10.9 Å². The lowest BCUT2D eigenvalue weighted by Crippen LogP contribution is -2.28. The fraction of sp³-hybridized carbons (Fsp3) is 0.222. The van der Waals surface area contributed by atoms with Gasteiger partial charge >= 0.3 is 6.18 Å². The van der Waals surface area contributed by atoms with Crippen molar-refractivity contribution < 1.29 is 22.3 Å². The number of benzene rings is 3. The van der Waals surface area contributed by atoms with Crippen LogP contribution in [0, 0.1) is 5.82 Å². The Balaban J connectivity index is 1.61. The van der Waals surface area contributed by atoms with Crippen molar-refractivity contribution in [2.24, 2.45) is 0 Å². The van der Waals surface area contributed by atoms with Crippen molar-refractivity contribution in [1.29, 1.82) is 0 Å². The van der Waals surface area contributed by atoms with Crippen LogP contribution in [0.5, 0.6) is 11.5 Å². The molecule has 0 unspecified atom stereocenters. The zero-order valence-corrected chi connectivity index (χ0v) is 18.8. The summed E-state index contributed by atoms with van der Waals surface area (Å²) in [5, 5.41) is 3.87. The van der Waals surface area contributed by atoms with Crippen LogP contribution in [0.1, 0.15) is 24.0 Å². The normalized spacial score (nSPS) is 11.7. The molecule has 0 aliphatic carbocycles.